The van der Waals surface area contributed by atoms with E-state index in [1.54, 1.807) is 29.2 Å². The van der Waals surface area contributed by atoms with E-state index >= 15 is 0 Å². The van der Waals surface area contributed by atoms with Crippen molar-refractivity contribution >= 4 is 35.1 Å². The molecule has 0 saturated carbocycles. The topological polar surface area (TPSA) is 91.1 Å². The van der Waals surface area contributed by atoms with Crippen LogP contribution >= 0.6 is 11.6 Å². The highest BCUT2D eigenvalue weighted by Crippen LogP contribution is 2.30. The van der Waals surface area contributed by atoms with Crippen LogP contribution in [-0.4, -0.2) is 47.4 Å². The van der Waals surface area contributed by atoms with Gasteiger partial charge in [-0.05, 0) is 30.7 Å². The molecule has 1 aromatic heterocycles. The van der Waals surface area contributed by atoms with Crippen molar-refractivity contribution in [2.24, 2.45) is 0 Å². The molecule has 1 aliphatic rings. The minimum absolute atomic E-state index is 0.121. The van der Waals surface area contributed by atoms with Crippen molar-refractivity contribution in [1.82, 2.24) is 4.90 Å². The first-order valence-electron chi connectivity index (χ1n) is 7.56. The normalized spacial score (nSPS) is 17.0. The first-order chi connectivity index (χ1) is 11.9. The molecule has 3 rings (SSSR count). The molecule has 8 heteroatoms. The van der Waals surface area contributed by atoms with Crippen LogP contribution in [0.1, 0.15) is 27.5 Å². The van der Waals surface area contributed by atoms with Gasteiger partial charge in [0.1, 0.15) is 6.04 Å². The van der Waals surface area contributed by atoms with E-state index in [0.29, 0.717) is 23.7 Å². The number of carbonyl (C=O) groups excluding carboxylic acids is 2. The van der Waals surface area contributed by atoms with Crippen molar-refractivity contribution in [1.29, 1.82) is 0 Å². The molecule has 1 N–H and O–H groups in total. The maximum atomic E-state index is 12.7. The van der Waals surface area contributed by atoms with Crippen molar-refractivity contribution < 1.29 is 23.9 Å². The lowest BCUT2D eigenvalue weighted by Crippen LogP contribution is -2.42. The van der Waals surface area contributed by atoms with Gasteiger partial charge in [0.05, 0.1) is 10.7 Å². The molecular formula is C17H15ClN2O5. The van der Waals surface area contributed by atoms with Crippen molar-refractivity contribution in [3.05, 3.63) is 52.9 Å². The van der Waals surface area contributed by atoms with Gasteiger partial charge in [-0.2, -0.15) is 0 Å². The fourth-order valence-corrected chi connectivity index (χ4v) is 3.05. The number of carbonyl (C=O) groups is 3. The van der Waals surface area contributed by atoms with Gasteiger partial charge in [0.15, 0.2) is 5.76 Å². The van der Waals surface area contributed by atoms with Gasteiger partial charge in [-0.1, -0.05) is 23.7 Å². The summed E-state index contributed by atoms with van der Waals surface area (Å²) in [5.74, 6) is -2.50. The molecule has 2 heterocycles. The average Bonchev–Trinajstić information content (AvgIpc) is 3.21. The number of aromatic carboxylic acids is 1. The number of para-hydroxylation sites is 1. The average molecular weight is 363 g/mol. The number of halogens is 1. The Hall–Kier alpha value is -2.80. The maximum Gasteiger partial charge on any atom is 0.371 e. The summed E-state index contributed by atoms with van der Waals surface area (Å²) in [7, 11) is 1.49. The first-order valence-corrected chi connectivity index (χ1v) is 7.94. The first kappa shape index (κ1) is 17.0. The number of hydrogen-bond donors (Lipinski definition) is 1. The molecule has 0 bridgehead atoms. The van der Waals surface area contributed by atoms with Crippen LogP contribution in [0.2, 0.25) is 5.02 Å². The second kappa shape index (κ2) is 6.60. The molecule has 7 nitrogen and oxygen atoms in total. The molecule has 0 aliphatic carbocycles. The third kappa shape index (κ3) is 3.10. The molecule has 1 fully saturated rings. The van der Waals surface area contributed by atoms with Gasteiger partial charge < -0.3 is 19.3 Å². The lowest BCUT2D eigenvalue weighted by Gasteiger charge is -2.23. The monoisotopic (exact) mass is 362 g/mol. The van der Waals surface area contributed by atoms with Gasteiger partial charge in [0.25, 0.3) is 5.91 Å². The van der Waals surface area contributed by atoms with Crippen molar-refractivity contribution in [3.8, 4) is 0 Å². The van der Waals surface area contributed by atoms with Crippen LogP contribution in [-0.2, 0) is 4.79 Å². The van der Waals surface area contributed by atoms with Crippen LogP contribution in [0.4, 0.5) is 5.69 Å². The van der Waals surface area contributed by atoms with E-state index in [-0.39, 0.29) is 17.4 Å². The van der Waals surface area contributed by atoms with E-state index < -0.39 is 17.9 Å². The molecular weight excluding hydrogens is 348 g/mol. The van der Waals surface area contributed by atoms with Crippen molar-refractivity contribution in [3.63, 3.8) is 0 Å². The van der Waals surface area contributed by atoms with Gasteiger partial charge in [-0.15, -0.1) is 0 Å². The molecule has 2 aromatic rings. The predicted molar refractivity (Wildman–Crippen MR) is 90.0 cm³/mol. The molecule has 1 unspecified atom stereocenters. The zero-order chi connectivity index (χ0) is 18.1. The summed E-state index contributed by atoms with van der Waals surface area (Å²) < 4.78 is 5.02. The molecule has 25 heavy (non-hydrogen) atoms. The van der Waals surface area contributed by atoms with E-state index in [0.717, 1.165) is 0 Å². The third-order valence-corrected chi connectivity index (χ3v) is 4.46. The van der Waals surface area contributed by atoms with Gasteiger partial charge in [0, 0.05) is 13.6 Å². The Bertz CT molecular complexity index is 847. The van der Waals surface area contributed by atoms with Crippen LogP contribution < -0.4 is 4.90 Å². The third-order valence-electron chi connectivity index (χ3n) is 4.14. The maximum absolute atomic E-state index is 12.7. The van der Waals surface area contributed by atoms with Crippen LogP contribution in [0.5, 0.6) is 0 Å². The fourth-order valence-electron chi connectivity index (χ4n) is 2.82. The Kier molecular flexibility index (Phi) is 4.50. The van der Waals surface area contributed by atoms with Gasteiger partial charge in [0.2, 0.25) is 11.7 Å². The number of rotatable bonds is 4. The van der Waals surface area contributed by atoms with Crippen molar-refractivity contribution in [2.45, 2.75) is 12.5 Å². The second-order valence-electron chi connectivity index (χ2n) is 5.63. The molecule has 0 radical (unpaired) electrons. The zero-order valence-corrected chi connectivity index (χ0v) is 14.1. The SMILES string of the molecule is CN(C(=O)c1ccc(C(=O)O)o1)C1CCN(c2ccccc2Cl)C1=O. The summed E-state index contributed by atoms with van der Waals surface area (Å²) in [6, 6.07) is 8.83. The number of amides is 2. The molecule has 130 valence electrons. The van der Waals surface area contributed by atoms with Crippen LogP contribution in [0.15, 0.2) is 40.8 Å². The largest absolute Gasteiger partial charge is 0.475 e. The number of furan rings is 1. The number of anilines is 1. The summed E-state index contributed by atoms with van der Waals surface area (Å²) in [6.45, 7) is 0.434. The van der Waals surface area contributed by atoms with Gasteiger partial charge in [-0.25, -0.2) is 4.79 Å². The Morgan fingerprint density at radius 3 is 2.56 bits per heavy atom. The van der Waals surface area contributed by atoms with E-state index in [4.69, 9.17) is 21.1 Å². The zero-order valence-electron chi connectivity index (χ0n) is 13.3. The number of likely N-dealkylation sites (N-methyl/N-ethyl adjacent to an activating group) is 1. The second-order valence-corrected chi connectivity index (χ2v) is 6.04. The van der Waals surface area contributed by atoms with E-state index in [1.807, 2.05) is 0 Å². The van der Waals surface area contributed by atoms with E-state index in [2.05, 4.69) is 0 Å². The molecule has 1 aromatic carbocycles. The van der Waals surface area contributed by atoms with Gasteiger partial charge >= 0.3 is 5.97 Å². The number of carboxylic acids is 1. The summed E-state index contributed by atoms with van der Waals surface area (Å²) in [5.41, 5.74) is 0.601. The van der Waals surface area contributed by atoms with Crippen LogP contribution in [0.3, 0.4) is 0 Å². The number of hydrogen-bond acceptors (Lipinski definition) is 4. The standard InChI is InChI=1S/C17H15ClN2O5/c1-19(16(22)13-6-7-14(25-13)17(23)24)12-8-9-20(15(12)21)11-5-3-2-4-10(11)18/h2-7,12H,8-9H2,1H3,(H,23,24). The number of carboxylic acid groups (broad SMARTS) is 1. The molecule has 0 spiro atoms. The minimum atomic E-state index is -1.26. The number of nitrogens with zero attached hydrogens (tertiary/aromatic N) is 2. The molecule has 1 saturated heterocycles. The number of benzene rings is 1. The van der Waals surface area contributed by atoms with Crippen LogP contribution in [0, 0.1) is 0 Å². The van der Waals surface area contributed by atoms with Crippen LogP contribution in [0.25, 0.3) is 0 Å². The molecule has 2 amide bonds. The summed E-state index contributed by atoms with van der Waals surface area (Å²) in [5, 5.41) is 9.33. The van der Waals surface area contributed by atoms with Crippen molar-refractivity contribution in [2.75, 3.05) is 18.5 Å². The molecule has 1 aliphatic heterocycles. The van der Waals surface area contributed by atoms with E-state index in [1.165, 1.54) is 24.1 Å². The lowest BCUT2D eigenvalue weighted by molar-refractivity contribution is -0.120. The Labute approximate surface area is 148 Å². The Morgan fingerprint density at radius 2 is 1.92 bits per heavy atom. The highest BCUT2D eigenvalue weighted by atomic mass is 35.5. The summed E-state index contributed by atoms with van der Waals surface area (Å²) in [4.78, 5) is 38.8. The predicted octanol–water partition coefficient (Wildman–Crippen LogP) is 2.51. The Morgan fingerprint density at radius 1 is 1.24 bits per heavy atom. The summed E-state index contributed by atoms with van der Waals surface area (Å²) >= 11 is 6.14. The molecule has 1 atom stereocenters. The lowest BCUT2D eigenvalue weighted by atomic mass is 10.2. The Balaban J connectivity index is 1.78. The fraction of sp³-hybridized carbons (Fsp3) is 0.235. The highest BCUT2D eigenvalue weighted by Gasteiger charge is 2.38. The summed E-state index contributed by atoms with van der Waals surface area (Å²) in [6.07, 6.45) is 0.443. The van der Waals surface area contributed by atoms with E-state index in [9.17, 15) is 14.4 Å². The highest BCUT2D eigenvalue weighted by molar-refractivity contribution is 6.34. The smallest absolute Gasteiger partial charge is 0.371 e. The minimum Gasteiger partial charge on any atom is -0.475 e. The van der Waals surface area contributed by atoms with Gasteiger partial charge in [-0.3, -0.25) is 9.59 Å². The quantitative estimate of drug-likeness (QED) is 0.902.